The maximum Gasteiger partial charge on any atom is 0.133 e. The maximum atomic E-state index is 5.48. The zero-order chi connectivity index (χ0) is 13.7. The SMILES string of the molecule is CCNCc1cccnc1N1CC(OC)C(OC)C1. The van der Waals surface area contributed by atoms with Crippen LogP contribution in [0.1, 0.15) is 12.5 Å². The second-order valence-corrected chi connectivity index (χ2v) is 4.72. The fourth-order valence-electron chi connectivity index (χ4n) is 2.48. The average Bonchev–Trinajstić information content (AvgIpc) is 2.88. The largest absolute Gasteiger partial charge is 0.377 e. The summed E-state index contributed by atoms with van der Waals surface area (Å²) in [6, 6.07) is 4.10. The van der Waals surface area contributed by atoms with Crippen LogP contribution in [0.3, 0.4) is 0 Å². The summed E-state index contributed by atoms with van der Waals surface area (Å²) in [6.07, 6.45) is 2.06. The number of methoxy groups -OCH3 is 2. The van der Waals surface area contributed by atoms with Crippen molar-refractivity contribution in [3.63, 3.8) is 0 Å². The Kier molecular flexibility index (Phi) is 5.13. The predicted octanol–water partition coefficient (Wildman–Crippen LogP) is 1.04. The van der Waals surface area contributed by atoms with Gasteiger partial charge in [-0.25, -0.2) is 4.98 Å². The molecule has 1 aliphatic rings. The topological polar surface area (TPSA) is 46.6 Å². The van der Waals surface area contributed by atoms with Crippen LogP contribution in [0, 0.1) is 0 Å². The summed E-state index contributed by atoms with van der Waals surface area (Å²) in [4.78, 5) is 6.77. The predicted molar refractivity (Wildman–Crippen MR) is 75.4 cm³/mol. The molecule has 5 heteroatoms. The third-order valence-electron chi connectivity index (χ3n) is 3.55. The lowest BCUT2D eigenvalue weighted by molar-refractivity contribution is -0.00461. The fraction of sp³-hybridized carbons (Fsp3) is 0.643. The Labute approximate surface area is 114 Å². The van der Waals surface area contributed by atoms with Crippen LogP contribution in [0.4, 0.5) is 5.82 Å². The molecule has 1 aromatic rings. The third kappa shape index (κ3) is 3.23. The lowest BCUT2D eigenvalue weighted by Gasteiger charge is -2.20. The summed E-state index contributed by atoms with van der Waals surface area (Å²) in [5.41, 5.74) is 1.22. The molecule has 2 atom stereocenters. The van der Waals surface area contributed by atoms with Crippen LogP contribution in [-0.2, 0) is 16.0 Å². The molecule has 0 bridgehead atoms. The van der Waals surface area contributed by atoms with Crippen LogP contribution in [-0.4, -0.2) is 51.0 Å². The highest BCUT2D eigenvalue weighted by molar-refractivity contribution is 5.48. The minimum absolute atomic E-state index is 0.110. The normalized spacial score (nSPS) is 23.0. The quantitative estimate of drug-likeness (QED) is 0.833. The van der Waals surface area contributed by atoms with Gasteiger partial charge in [-0.15, -0.1) is 0 Å². The Bertz CT molecular complexity index is 388. The summed E-state index contributed by atoms with van der Waals surface area (Å²) in [5, 5.41) is 3.35. The third-order valence-corrected chi connectivity index (χ3v) is 3.55. The van der Waals surface area contributed by atoms with Crippen molar-refractivity contribution in [1.29, 1.82) is 0 Å². The van der Waals surface area contributed by atoms with Gasteiger partial charge in [0.05, 0.1) is 0 Å². The number of pyridine rings is 1. The molecule has 1 fully saturated rings. The molecule has 19 heavy (non-hydrogen) atoms. The molecule has 5 nitrogen and oxygen atoms in total. The molecule has 0 aliphatic carbocycles. The molecule has 1 N–H and O–H groups in total. The van der Waals surface area contributed by atoms with Gasteiger partial charge in [-0.2, -0.15) is 0 Å². The molecule has 2 unspecified atom stereocenters. The highest BCUT2D eigenvalue weighted by atomic mass is 16.5. The zero-order valence-electron chi connectivity index (χ0n) is 11.9. The summed E-state index contributed by atoms with van der Waals surface area (Å²) in [7, 11) is 3.47. The van der Waals surface area contributed by atoms with Crippen LogP contribution < -0.4 is 10.2 Å². The number of ether oxygens (including phenoxy) is 2. The second kappa shape index (κ2) is 6.84. The van der Waals surface area contributed by atoms with E-state index in [1.165, 1.54) is 5.56 Å². The molecule has 1 saturated heterocycles. The number of anilines is 1. The van der Waals surface area contributed by atoms with Crippen molar-refractivity contribution >= 4 is 5.82 Å². The number of nitrogens with one attached hydrogen (secondary N) is 1. The van der Waals surface area contributed by atoms with E-state index in [0.717, 1.165) is 32.0 Å². The molecule has 2 rings (SSSR count). The van der Waals surface area contributed by atoms with E-state index in [1.807, 2.05) is 12.3 Å². The smallest absolute Gasteiger partial charge is 0.133 e. The van der Waals surface area contributed by atoms with Crippen molar-refractivity contribution < 1.29 is 9.47 Å². The van der Waals surface area contributed by atoms with Crippen LogP contribution in [0.5, 0.6) is 0 Å². The first kappa shape index (κ1) is 14.2. The van der Waals surface area contributed by atoms with Gasteiger partial charge in [0.2, 0.25) is 0 Å². The number of hydrogen-bond donors (Lipinski definition) is 1. The van der Waals surface area contributed by atoms with E-state index in [0.29, 0.717) is 0 Å². The standard InChI is InChI=1S/C14H23N3O2/c1-4-15-8-11-6-5-7-16-14(11)17-9-12(18-2)13(10-17)19-3/h5-7,12-13,15H,4,8-10H2,1-3H3. The van der Waals surface area contributed by atoms with Gasteiger partial charge < -0.3 is 19.7 Å². The highest BCUT2D eigenvalue weighted by Crippen LogP contribution is 2.24. The lowest BCUT2D eigenvalue weighted by atomic mass is 10.2. The van der Waals surface area contributed by atoms with Crippen molar-refractivity contribution in [3.05, 3.63) is 23.9 Å². The molecular formula is C14H23N3O2. The van der Waals surface area contributed by atoms with Gasteiger partial charge in [0.1, 0.15) is 18.0 Å². The van der Waals surface area contributed by atoms with E-state index in [-0.39, 0.29) is 12.2 Å². The van der Waals surface area contributed by atoms with E-state index in [2.05, 4.69) is 28.2 Å². The molecule has 0 spiro atoms. The van der Waals surface area contributed by atoms with Gasteiger partial charge in [0.15, 0.2) is 0 Å². The Balaban J connectivity index is 2.13. The first-order chi connectivity index (χ1) is 9.30. The Morgan fingerprint density at radius 3 is 2.58 bits per heavy atom. The van der Waals surface area contributed by atoms with Crippen LogP contribution >= 0.6 is 0 Å². The van der Waals surface area contributed by atoms with Gasteiger partial charge in [-0.3, -0.25) is 0 Å². The van der Waals surface area contributed by atoms with Crippen LogP contribution in [0.2, 0.25) is 0 Å². The molecule has 2 heterocycles. The highest BCUT2D eigenvalue weighted by Gasteiger charge is 2.34. The molecule has 0 amide bonds. The number of nitrogens with zero attached hydrogens (tertiary/aromatic N) is 2. The van der Waals surface area contributed by atoms with Crippen molar-refractivity contribution in [2.45, 2.75) is 25.7 Å². The van der Waals surface area contributed by atoms with Crippen LogP contribution in [0.15, 0.2) is 18.3 Å². The van der Waals surface area contributed by atoms with E-state index in [1.54, 1.807) is 14.2 Å². The Hall–Kier alpha value is -1.17. The average molecular weight is 265 g/mol. The number of hydrogen-bond acceptors (Lipinski definition) is 5. The first-order valence-corrected chi connectivity index (χ1v) is 6.75. The van der Waals surface area contributed by atoms with E-state index >= 15 is 0 Å². The van der Waals surface area contributed by atoms with Gasteiger partial charge in [0.25, 0.3) is 0 Å². The van der Waals surface area contributed by atoms with Gasteiger partial charge in [0, 0.05) is 45.6 Å². The van der Waals surface area contributed by atoms with Gasteiger partial charge in [-0.1, -0.05) is 13.0 Å². The van der Waals surface area contributed by atoms with Crippen LogP contribution in [0.25, 0.3) is 0 Å². The van der Waals surface area contributed by atoms with Crippen molar-refractivity contribution in [2.75, 3.05) is 38.8 Å². The molecular weight excluding hydrogens is 242 g/mol. The minimum Gasteiger partial charge on any atom is -0.377 e. The van der Waals surface area contributed by atoms with Crippen molar-refractivity contribution in [2.24, 2.45) is 0 Å². The first-order valence-electron chi connectivity index (χ1n) is 6.75. The number of aromatic nitrogens is 1. The molecule has 1 aliphatic heterocycles. The zero-order valence-corrected chi connectivity index (χ0v) is 11.9. The molecule has 1 aromatic heterocycles. The Morgan fingerprint density at radius 2 is 2.00 bits per heavy atom. The van der Waals surface area contributed by atoms with Gasteiger partial charge >= 0.3 is 0 Å². The van der Waals surface area contributed by atoms with Gasteiger partial charge in [-0.05, 0) is 12.6 Å². The molecule has 0 radical (unpaired) electrons. The molecule has 0 aromatic carbocycles. The summed E-state index contributed by atoms with van der Waals surface area (Å²) in [6.45, 7) is 5.55. The Morgan fingerprint density at radius 1 is 1.32 bits per heavy atom. The molecule has 106 valence electrons. The maximum absolute atomic E-state index is 5.48. The van der Waals surface area contributed by atoms with E-state index < -0.39 is 0 Å². The molecule has 0 saturated carbocycles. The minimum atomic E-state index is 0.110. The fourth-order valence-corrected chi connectivity index (χ4v) is 2.48. The summed E-state index contributed by atoms with van der Waals surface area (Å²) in [5.74, 6) is 1.03. The second-order valence-electron chi connectivity index (χ2n) is 4.72. The monoisotopic (exact) mass is 265 g/mol. The summed E-state index contributed by atoms with van der Waals surface area (Å²) >= 11 is 0. The lowest BCUT2D eigenvalue weighted by Crippen LogP contribution is -2.27. The van der Waals surface area contributed by atoms with Crippen molar-refractivity contribution in [1.82, 2.24) is 10.3 Å². The van der Waals surface area contributed by atoms with Crippen molar-refractivity contribution in [3.8, 4) is 0 Å². The summed E-state index contributed by atoms with van der Waals surface area (Å²) < 4.78 is 11.0. The van der Waals surface area contributed by atoms with E-state index in [4.69, 9.17) is 9.47 Å². The van der Waals surface area contributed by atoms with E-state index in [9.17, 15) is 0 Å². The number of rotatable bonds is 6.